The molecule has 0 amide bonds. The number of carbonyl (C=O) groups is 1. The van der Waals surface area contributed by atoms with Gasteiger partial charge in [-0.3, -0.25) is 0 Å². The molecule has 3 aromatic carbocycles. The zero-order valence-corrected chi connectivity index (χ0v) is 16.8. The first-order chi connectivity index (χ1) is 13.5. The van der Waals surface area contributed by atoms with Crippen LogP contribution in [0.4, 0.5) is 0 Å². The van der Waals surface area contributed by atoms with Gasteiger partial charge in [-0.15, -0.1) is 0 Å². The number of carboxylic acids is 1. The zero-order valence-electron chi connectivity index (χ0n) is 16.0. The Morgan fingerprint density at radius 3 is 2.25 bits per heavy atom. The zero-order chi connectivity index (χ0) is 19.9. The molecule has 1 N–H and O–H groups in total. The van der Waals surface area contributed by atoms with E-state index in [9.17, 15) is 4.79 Å². The van der Waals surface area contributed by atoms with E-state index >= 15 is 0 Å². The Kier molecular flexibility index (Phi) is 6.74. The number of aromatic carboxylic acids is 1. The van der Waals surface area contributed by atoms with Gasteiger partial charge in [-0.2, -0.15) is 0 Å². The van der Waals surface area contributed by atoms with Crippen molar-refractivity contribution in [1.82, 2.24) is 4.31 Å². The maximum absolute atomic E-state index is 11.1. The molecule has 0 radical (unpaired) electrons. The number of aryl methyl sites for hydroxylation is 1. The van der Waals surface area contributed by atoms with Crippen molar-refractivity contribution < 1.29 is 14.6 Å². The van der Waals surface area contributed by atoms with Crippen molar-refractivity contribution in [1.29, 1.82) is 0 Å². The summed E-state index contributed by atoms with van der Waals surface area (Å²) >= 11 is 1.62. The van der Waals surface area contributed by atoms with Crippen LogP contribution in [0.5, 0.6) is 5.75 Å². The molecule has 5 heteroatoms. The molecule has 144 valence electrons. The number of nitrogens with zero attached hydrogens (tertiary/aromatic N) is 1. The first-order valence-electron chi connectivity index (χ1n) is 8.99. The van der Waals surface area contributed by atoms with Crippen LogP contribution in [0.3, 0.4) is 0 Å². The summed E-state index contributed by atoms with van der Waals surface area (Å²) in [6.07, 6.45) is 0. The molecule has 0 aliphatic rings. The summed E-state index contributed by atoms with van der Waals surface area (Å²) in [5.41, 5.74) is 3.83. The molecule has 0 aliphatic carbocycles. The largest absolute Gasteiger partial charge is 0.496 e. The van der Waals surface area contributed by atoms with E-state index in [1.807, 2.05) is 43.3 Å². The van der Waals surface area contributed by atoms with Gasteiger partial charge in [-0.05, 0) is 65.9 Å². The lowest BCUT2D eigenvalue weighted by atomic mass is 10.1. The Labute approximate surface area is 169 Å². The van der Waals surface area contributed by atoms with E-state index in [1.54, 1.807) is 31.2 Å². The van der Waals surface area contributed by atoms with Gasteiger partial charge in [0.1, 0.15) is 5.75 Å². The summed E-state index contributed by atoms with van der Waals surface area (Å²) in [6.45, 7) is 3.57. The third kappa shape index (κ3) is 5.38. The predicted octanol–water partition coefficient (Wildman–Crippen LogP) is 5.41. The van der Waals surface area contributed by atoms with Crippen molar-refractivity contribution in [2.75, 3.05) is 7.11 Å². The van der Waals surface area contributed by atoms with Crippen molar-refractivity contribution in [3.63, 3.8) is 0 Å². The lowest BCUT2D eigenvalue weighted by Crippen LogP contribution is -2.15. The third-order valence-corrected chi connectivity index (χ3v) is 5.36. The molecule has 0 atom stereocenters. The molecule has 0 saturated carbocycles. The maximum atomic E-state index is 11.1. The van der Waals surface area contributed by atoms with E-state index in [0.29, 0.717) is 5.56 Å². The number of benzene rings is 3. The molecule has 0 heterocycles. The molecule has 4 nitrogen and oxygen atoms in total. The Morgan fingerprint density at radius 1 is 0.964 bits per heavy atom. The molecule has 0 unspecified atom stereocenters. The highest BCUT2D eigenvalue weighted by atomic mass is 32.2. The molecule has 0 aliphatic heterocycles. The van der Waals surface area contributed by atoms with Gasteiger partial charge in [0.15, 0.2) is 0 Å². The number of rotatable bonds is 8. The van der Waals surface area contributed by atoms with Gasteiger partial charge >= 0.3 is 5.97 Å². The summed E-state index contributed by atoms with van der Waals surface area (Å²) in [7, 11) is 1.68. The maximum Gasteiger partial charge on any atom is 0.335 e. The van der Waals surface area contributed by atoms with Gasteiger partial charge in [-0.1, -0.05) is 42.5 Å². The fourth-order valence-electron chi connectivity index (χ4n) is 2.96. The van der Waals surface area contributed by atoms with Crippen molar-refractivity contribution in [2.24, 2.45) is 0 Å². The Morgan fingerprint density at radius 2 is 1.64 bits per heavy atom. The molecule has 0 spiro atoms. The second-order valence-electron chi connectivity index (χ2n) is 6.51. The highest BCUT2D eigenvalue weighted by Gasteiger charge is 2.12. The van der Waals surface area contributed by atoms with Crippen molar-refractivity contribution in [3.8, 4) is 5.75 Å². The second kappa shape index (κ2) is 9.44. The molecule has 28 heavy (non-hydrogen) atoms. The highest BCUT2D eigenvalue weighted by Crippen LogP contribution is 2.28. The van der Waals surface area contributed by atoms with Crippen LogP contribution in [0.1, 0.15) is 27.0 Å². The minimum absolute atomic E-state index is 0.296. The van der Waals surface area contributed by atoms with Crippen LogP contribution < -0.4 is 4.74 Å². The van der Waals surface area contributed by atoms with E-state index in [0.717, 1.165) is 29.3 Å². The minimum Gasteiger partial charge on any atom is -0.496 e. The van der Waals surface area contributed by atoms with Crippen LogP contribution >= 0.6 is 11.9 Å². The van der Waals surface area contributed by atoms with Crippen LogP contribution in [-0.2, 0) is 13.1 Å². The number of methoxy groups -OCH3 is 1. The van der Waals surface area contributed by atoms with Gasteiger partial charge < -0.3 is 9.84 Å². The Balaban J connectivity index is 1.80. The fourth-order valence-corrected chi connectivity index (χ4v) is 3.94. The molecule has 0 saturated heterocycles. The number of hydrogen-bond donors (Lipinski definition) is 1. The Bertz CT molecular complexity index is 926. The average molecular weight is 394 g/mol. The van der Waals surface area contributed by atoms with Crippen LogP contribution in [0.25, 0.3) is 0 Å². The predicted molar refractivity (Wildman–Crippen MR) is 113 cm³/mol. The quantitative estimate of drug-likeness (QED) is 0.519. The second-order valence-corrected chi connectivity index (χ2v) is 7.68. The van der Waals surface area contributed by atoms with Crippen LogP contribution in [0, 0.1) is 6.92 Å². The number of hydrogen-bond acceptors (Lipinski definition) is 4. The SMILES string of the molecule is COc1ccc(CN(Cc2ccccc2)Sc2ccc(C(=O)O)cc2)cc1C. The van der Waals surface area contributed by atoms with E-state index in [2.05, 4.69) is 28.6 Å². The lowest BCUT2D eigenvalue weighted by Gasteiger charge is -2.22. The van der Waals surface area contributed by atoms with E-state index in [-0.39, 0.29) is 0 Å². The third-order valence-electron chi connectivity index (χ3n) is 4.36. The standard InChI is InChI=1S/C23H23NO3S/c1-17-14-19(8-13-22(17)27-2)16-24(15-18-6-4-3-5-7-18)28-21-11-9-20(10-12-21)23(25)26/h3-14H,15-16H2,1-2H3,(H,25,26). The molecule has 0 fully saturated rings. The normalized spacial score (nSPS) is 10.8. The van der Waals surface area contributed by atoms with E-state index < -0.39 is 5.97 Å². The monoisotopic (exact) mass is 393 g/mol. The summed E-state index contributed by atoms with van der Waals surface area (Å²) in [5.74, 6) is -0.0262. The summed E-state index contributed by atoms with van der Waals surface area (Å²) in [4.78, 5) is 12.1. The lowest BCUT2D eigenvalue weighted by molar-refractivity contribution is 0.0697. The van der Waals surface area contributed by atoms with Gasteiger partial charge in [0.25, 0.3) is 0 Å². The molecular weight excluding hydrogens is 370 g/mol. The van der Waals surface area contributed by atoms with Crippen molar-refractivity contribution in [2.45, 2.75) is 24.9 Å². The first-order valence-corrected chi connectivity index (χ1v) is 9.76. The molecule has 3 aromatic rings. The molecule has 0 aromatic heterocycles. The highest BCUT2D eigenvalue weighted by molar-refractivity contribution is 7.97. The smallest absolute Gasteiger partial charge is 0.335 e. The topological polar surface area (TPSA) is 49.8 Å². The Hall–Kier alpha value is -2.76. The minimum atomic E-state index is -0.911. The van der Waals surface area contributed by atoms with Crippen LogP contribution in [0.2, 0.25) is 0 Å². The van der Waals surface area contributed by atoms with Crippen molar-refractivity contribution >= 4 is 17.9 Å². The summed E-state index contributed by atoms with van der Waals surface area (Å²) in [5, 5.41) is 9.09. The number of carboxylic acid groups (broad SMARTS) is 1. The molecular formula is C23H23NO3S. The van der Waals surface area contributed by atoms with Gasteiger partial charge in [-0.25, -0.2) is 9.10 Å². The summed E-state index contributed by atoms with van der Waals surface area (Å²) < 4.78 is 7.63. The molecule has 3 rings (SSSR count). The van der Waals surface area contributed by atoms with Gasteiger partial charge in [0.05, 0.1) is 12.7 Å². The van der Waals surface area contributed by atoms with E-state index in [4.69, 9.17) is 9.84 Å². The van der Waals surface area contributed by atoms with E-state index in [1.165, 1.54) is 11.1 Å². The van der Waals surface area contributed by atoms with Gasteiger partial charge in [0.2, 0.25) is 0 Å². The number of ether oxygens (including phenoxy) is 1. The van der Waals surface area contributed by atoms with Gasteiger partial charge in [0, 0.05) is 18.0 Å². The van der Waals surface area contributed by atoms with Crippen LogP contribution in [-0.4, -0.2) is 22.5 Å². The van der Waals surface area contributed by atoms with Crippen molar-refractivity contribution in [3.05, 3.63) is 95.1 Å². The fraction of sp³-hybridized carbons (Fsp3) is 0.174. The molecule has 0 bridgehead atoms. The summed E-state index contributed by atoms with van der Waals surface area (Å²) in [6, 6.07) is 23.5. The van der Waals surface area contributed by atoms with Crippen LogP contribution in [0.15, 0.2) is 77.7 Å². The average Bonchev–Trinajstić information content (AvgIpc) is 2.69. The first kappa shape index (κ1) is 20.0.